The summed E-state index contributed by atoms with van der Waals surface area (Å²) >= 11 is 6.78. The van der Waals surface area contributed by atoms with E-state index in [0.29, 0.717) is 6.42 Å². The van der Waals surface area contributed by atoms with Crippen molar-refractivity contribution in [2.45, 2.75) is 12.5 Å². The van der Waals surface area contributed by atoms with Crippen LogP contribution in [0, 0.1) is 0 Å². The molecule has 0 aliphatic heterocycles. The molecule has 5 heteroatoms. The molecule has 80 valence electrons. The van der Waals surface area contributed by atoms with E-state index < -0.39 is 0 Å². The van der Waals surface area contributed by atoms with E-state index in [1.165, 1.54) is 0 Å². The lowest BCUT2D eigenvalue weighted by atomic mass is 10.1. The number of aliphatic hydroxyl groups excluding tert-OH is 1. The molecule has 0 spiro atoms. The second kappa shape index (κ2) is 6.80. The fraction of sp³-hybridized carbons (Fsp3) is 0.333. The van der Waals surface area contributed by atoms with Gasteiger partial charge in [0.15, 0.2) is 0 Å². The van der Waals surface area contributed by atoms with Gasteiger partial charge in [0.05, 0.1) is 0 Å². The normalized spacial score (nSPS) is 12.0. The molecule has 14 heavy (non-hydrogen) atoms. The van der Waals surface area contributed by atoms with Gasteiger partial charge in [0.2, 0.25) is 0 Å². The highest BCUT2D eigenvalue weighted by atomic mass is 79.9. The molecular formula is C9H12Br2ClNO. The fourth-order valence-corrected chi connectivity index (χ4v) is 1.69. The SMILES string of the molecule is Cl.N[C@@H](CCO)c1ccc(Br)c(Br)c1. The van der Waals surface area contributed by atoms with Crippen LogP contribution in [0.4, 0.5) is 0 Å². The topological polar surface area (TPSA) is 46.2 Å². The lowest BCUT2D eigenvalue weighted by Crippen LogP contribution is -2.11. The third kappa shape index (κ3) is 3.87. The summed E-state index contributed by atoms with van der Waals surface area (Å²) in [6.45, 7) is 0.120. The van der Waals surface area contributed by atoms with Crippen LogP contribution in [0.25, 0.3) is 0 Å². The van der Waals surface area contributed by atoms with Crippen LogP contribution in [-0.4, -0.2) is 11.7 Å². The van der Waals surface area contributed by atoms with Gasteiger partial charge in [0.25, 0.3) is 0 Å². The summed E-state index contributed by atoms with van der Waals surface area (Å²) in [5.41, 5.74) is 6.86. The number of rotatable bonds is 3. The van der Waals surface area contributed by atoms with E-state index in [2.05, 4.69) is 31.9 Å². The van der Waals surface area contributed by atoms with Crippen molar-refractivity contribution in [1.29, 1.82) is 0 Å². The Bertz CT molecular complexity index is 296. The summed E-state index contributed by atoms with van der Waals surface area (Å²) in [6.07, 6.45) is 0.591. The molecular weight excluding hydrogens is 333 g/mol. The number of hydrogen-bond acceptors (Lipinski definition) is 2. The molecule has 0 aliphatic rings. The molecule has 1 rings (SSSR count). The van der Waals surface area contributed by atoms with Crippen LogP contribution in [0.2, 0.25) is 0 Å². The van der Waals surface area contributed by atoms with E-state index >= 15 is 0 Å². The monoisotopic (exact) mass is 343 g/mol. The maximum Gasteiger partial charge on any atom is 0.0449 e. The van der Waals surface area contributed by atoms with E-state index in [-0.39, 0.29) is 25.1 Å². The zero-order valence-electron chi connectivity index (χ0n) is 7.41. The first-order valence-electron chi connectivity index (χ1n) is 3.96. The molecule has 0 radical (unpaired) electrons. The first-order valence-corrected chi connectivity index (χ1v) is 5.55. The van der Waals surface area contributed by atoms with Crippen molar-refractivity contribution >= 4 is 44.3 Å². The molecule has 0 saturated heterocycles. The van der Waals surface area contributed by atoms with Crippen molar-refractivity contribution < 1.29 is 5.11 Å². The van der Waals surface area contributed by atoms with Crippen molar-refractivity contribution in [3.63, 3.8) is 0 Å². The molecule has 0 aromatic heterocycles. The molecule has 0 fully saturated rings. The predicted molar refractivity (Wildman–Crippen MR) is 67.7 cm³/mol. The number of benzene rings is 1. The van der Waals surface area contributed by atoms with Gasteiger partial charge in [-0.25, -0.2) is 0 Å². The number of nitrogens with two attached hydrogens (primary N) is 1. The Kier molecular flexibility index (Phi) is 6.99. The van der Waals surface area contributed by atoms with Crippen LogP contribution in [0.1, 0.15) is 18.0 Å². The molecule has 2 nitrogen and oxygen atoms in total. The molecule has 0 heterocycles. The Labute approximate surface area is 107 Å². The third-order valence-corrected chi connectivity index (χ3v) is 3.69. The molecule has 0 saturated carbocycles. The quantitative estimate of drug-likeness (QED) is 0.885. The molecule has 0 unspecified atom stereocenters. The minimum Gasteiger partial charge on any atom is -0.396 e. The van der Waals surface area contributed by atoms with Gasteiger partial charge in [0.1, 0.15) is 0 Å². The van der Waals surface area contributed by atoms with Gasteiger partial charge in [-0.1, -0.05) is 6.07 Å². The predicted octanol–water partition coefficient (Wildman–Crippen LogP) is 3.02. The molecule has 1 aromatic carbocycles. The minimum absolute atomic E-state index is 0. The van der Waals surface area contributed by atoms with E-state index in [1.807, 2.05) is 18.2 Å². The minimum atomic E-state index is -0.0885. The molecule has 3 N–H and O–H groups in total. The van der Waals surface area contributed by atoms with Gasteiger partial charge >= 0.3 is 0 Å². The first-order chi connectivity index (χ1) is 6.15. The Hall–Kier alpha value is 0.390. The van der Waals surface area contributed by atoms with Gasteiger partial charge in [-0.2, -0.15) is 0 Å². The van der Waals surface area contributed by atoms with E-state index in [0.717, 1.165) is 14.5 Å². The molecule has 0 bridgehead atoms. The van der Waals surface area contributed by atoms with Crippen LogP contribution < -0.4 is 5.73 Å². The molecule has 1 atom stereocenters. The molecule has 1 aromatic rings. The number of hydrogen-bond donors (Lipinski definition) is 2. The highest BCUT2D eigenvalue weighted by molar-refractivity contribution is 9.13. The van der Waals surface area contributed by atoms with Crippen LogP contribution in [-0.2, 0) is 0 Å². The first kappa shape index (κ1) is 14.4. The average molecular weight is 345 g/mol. The smallest absolute Gasteiger partial charge is 0.0449 e. The highest BCUT2D eigenvalue weighted by Crippen LogP contribution is 2.26. The van der Waals surface area contributed by atoms with Gasteiger partial charge in [-0.3, -0.25) is 0 Å². The van der Waals surface area contributed by atoms with Crippen molar-refractivity contribution in [3.05, 3.63) is 32.7 Å². The van der Waals surface area contributed by atoms with Crippen molar-refractivity contribution in [2.24, 2.45) is 5.73 Å². The van der Waals surface area contributed by atoms with E-state index in [1.54, 1.807) is 0 Å². The second-order valence-electron chi connectivity index (χ2n) is 2.79. The lowest BCUT2D eigenvalue weighted by Gasteiger charge is -2.10. The van der Waals surface area contributed by atoms with Crippen LogP contribution in [0.3, 0.4) is 0 Å². The van der Waals surface area contributed by atoms with E-state index in [4.69, 9.17) is 10.8 Å². The maximum atomic E-state index is 8.72. The number of aliphatic hydroxyl groups is 1. The van der Waals surface area contributed by atoms with Crippen LogP contribution in [0.5, 0.6) is 0 Å². The van der Waals surface area contributed by atoms with Crippen molar-refractivity contribution in [2.75, 3.05) is 6.61 Å². The average Bonchev–Trinajstić information content (AvgIpc) is 2.10. The summed E-state index contributed by atoms with van der Waals surface area (Å²) in [6, 6.07) is 5.77. The van der Waals surface area contributed by atoms with Crippen molar-refractivity contribution in [3.8, 4) is 0 Å². The van der Waals surface area contributed by atoms with Gasteiger partial charge in [0, 0.05) is 21.6 Å². The second-order valence-corrected chi connectivity index (χ2v) is 4.50. The fourth-order valence-electron chi connectivity index (χ4n) is 1.05. The summed E-state index contributed by atoms with van der Waals surface area (Å²) in [7, 11) is 0. The summed E-state index contributed by atoms with van der Waals surface area (Å²) in [5, 5.41) is 8.72. The van der Waals surface area contributed by atoms with Gasteiger partial charge in [-0.15, -0.1) is 12.4 Å². The maximum absolute atomic E-state index is 8.72. The van der Waals surface area contributed by atoms with E-state index in [9.17, 15) is 0 Å². The van der Waals surface area contributed by atoms with Crippen molar-refractivity contribution in [1.82, 2.24) is 0 Å². The lowest BCUT2D eigenvalue weighted by molar-refractivity contribution is 0.276. The number of halogens is 3. The highest BCUT2D eigenvalue weighted by Gasteiger charge is 2.06. The van der Waals surface area contributed by atoms with Crippen LogP contribution in [0.15, 0.2) is 27.1 Å². The zero-order chi connectivity index (χ0) is 9.84. The largest absolute Gasteiger partial charge is 0.396 e. The summed E-state index contributed by atoms with van der Waals surface area (Å²) in [5.74, 6) is 0. The zero-order valence-corrected chi connectivity index (χ0v) is 11.4. The Morgan fingerprint density at radius 2 is 1.93 bits per heavy atom. The Morgan fingerprint density at radius 3 is 2.43 bits per heavy atom. The van der Waals surface area contributed by atoms with Gasteiger partial charge in [-0.05, 0) is 56.0 Å². The Balaban J connectivity index is 0.00000169. The molecule has 0 amide bonds. The molecule has 0 aliphatic carbocycles. The Morgan fingerprint density at radius 1 is 1.29 bits per heavy atom. The standard InChI is InChI=1S/C9H11Br2NO.ClH/c10-7-2-1-6(5-8(7)11)9(12)3-4-13;/h1-2,5,9,13H,3-4,12H2;1H/t9-;/m0./s1. The summed E-state index contributed by atoms with van der Waals surface area (Å²) in [4.78, 5) is 0. The summed E-state index contributed by atoms with van der Waals surface area (Å²) < 4.78 is 1.99. The van der Waals surface area contributed by atoms with Crippen LogP contribution >= 0.6 is 44.3 Å². The third-order valence-electron chi connectivity index (χ3n) is 1.81. The van der Waals surface area contributed by atoms with Gasteiger partial charge < -0.3 is 10.8 Å².